The molecule has 0 radical (unpaired) electrons. The van der Waals surface area contributed by atoms with Crippen LogP contribution in [-0.4, -0.2) is 55.7 Å². The van der Waals surface area contributed by atoms with E-state index in [1.54, 1.807) is 18.5 Å². The fourth-order valence-corrected chi connectivity index (χ4v) is 4.59. The van der Waals surface area contributed by atoms with Crippen molar-refractivity contribution in [1.82, 2.24) is 19.4 Å². The average molecular weight is 469 g/mol. The van der Waals surface area contributed by atoms with Gasteiger partial charge in [0.15, 0.2) is 0 Å². The summed E-state index contributed by atoms with van der Waals surface area (Å²) in [5.74, 6) is 0.0504. The molecule has 9 nitrogen and oxygen atoms in total. The number of nitrogens with zero attached hydrogens (tertiary/aromatic N) is 3. The van der Waals surface area contributed by atoms with E-state index in [1.807, 2.05) is 30.5 Å². The number of nitrogens with one attached hydrogen (secondary N) is 1. The molecule has 1 aliphatic heterocycles. The number of aromatic nitrogens is 3. The van der Waals surface area contributed by atoms with E-state index in [9.17, 15) is 19.8 Å². The van der Waals surface area contributed by atoms with Crippen LogP contribution in [0.2, 0.25) is 0 Å². The SMILES string of the molecule is Cc1cc(-c2nc3ccc(CN[C@@H](C(=O)O)[C@H](C)O)cc3n2C[C@H]2CCCOC2)cn(C)c1=O. The zero-order valence-corrected chi connectivity index (χ0v) is 19.8. The number of aliphatic carboxylic acids is 1. The molecule has 2 aromatic heterocycles. The summed E-state index contributed by atoms with van der Waals surface area (Å²) >= 11 is 0. The number of pyridine rings is 1. The van der Waals surface area contributed by atoms with E-state index in [1.165, 1.54) is 6.92 Å². The number of aryl methyl sites for hydroxylation is 2. The van der Waals surface area contributed by atoms with Crippen molar-refractivity contribution in [2.45, 2.75) is 51.9 Å². The molecule has 3 aromatic rings. The highest BCUT2D eigenvalue weighted by molar-refractivity contribution is 5.81. The zero-order valence-electron chi connectivity index (χ0n) is 19.8. The van der Waals surface area contributed by atoms with Gasteiger partial charge in [-0.3, -0.25) is 14.9 Å². The fourth-order valence-electron chi connectivity index (χ4n) is 4.59. The van der Waals surface area contributed by atoms with Crippen molar-refractivity contribution in [2.75, 3.05) is 13.2 Å². The number of carboxylic acids is 1. The number of imidazole rings is 1. The van der Waals surface area contributed by atoms with Gasteiger partial charge in [-0.05, 0) is 50.5 Å². The summed E-state index contributed by atoms with van der Waals surface area (Å²) in [5.41, 5.74) is 4.15. The molecule has 1 aliphatic rings. The number of rotatable bonds is 8. The van der Waals surface area contributed by atoms with Gasteiger partial charge in [0, 0.05) is 50.0 Å². The van der Waals surface area contributed by atoms with Crippen molar-refractivity contribution in [1.29, 1.82) is 0 Å². The molecule has 0 spiro atoms. The quantitative estimate of drug-likeness (QED) is 0.463. The van der Waals surface area contributed by atoms with E-state index in [2.05, 4.69) is 9.88 Å². The number of carboxylic acid groups (broad SMARTS) is 1. The van der Waals surface area contributed by atoms with Crippen molar-refractivity contribution < 1.29 is 19.7 Å². The second-order valence-electron chi connectivity index (χ2n) is 9.22. The first-order valence-corrected chi connectivity index (χ1v) is 11.6. The molecule has 3 N–H and O–H groups in total. The molecule has 0 bridgehead atoms. The number of fused-ring (bicyclic) bond motifs is 1. The van der Waals surface area contributed by atoms with Crippen molar-refractivity contribution >= 4 is 17.0 Å². The topological polar surface area (TPSA) is 119 Å². The van der Waals surface area contributed by atoms with E-state index in [0.717, 1.165) is 54.0 Å². The summed E-state index contributed by atoms with van der Waals surface area (Å²) in [7, 11) is 1.74. The molecule has 182 valence electrons. The Morgan fingerprint density at radius 2 is 2.15 bits per heavy atom. The predicted molar refractivity (Wildman–Crippen MR) is 129 cm³/mol. The number of benzene rings is 1. The van der Waals surface area contributed by atoms with Crippen LogP contribution in [0.3, 0.4) is 0 Å². The third kappa shape index (κ3) is 5.06. The number of hydrogen-bond donors (Lipinski definition) is 3. The first-order valence-electron chi connectivity index (χ1n) is 11.6. The normalized spacial score (nSPS) is 18.2. The van der Waals surface area contributed by atoms with Crippen molar-refractivity contribution in [3.63, 3.8) is 0 Å². The van der Waals surface area contributed by atoms with Gasteiger partial charge in [0.2, 0.25) is 0 Å². The van der Waals surface area contributed by atoms with Crippen molar-refractivity contribution in [3.8, 4) is 11.4 Å². The molecule has 3 heterocycles. The Morgan fingerprint density at radius 1 is 1.35 bits per heavy atom. The van der Waals surface area contributed by atoms with Crippen LogP contribution in [0.4, 0.5) is 0 Å². The third-order valence-corrected chi connectivity index (χ3v) is 6.40. The van der Waals surface area contributed by atoms with E-state index in [4.69, 9.17) is 9.72 Å². The molecule has 0 aliphatic carbocycles. The molecule has 4 rings (SSSR count). The molecule has 0 saturated carbocycles. The lowest BCUT2D eigenvalue weighted by molar-refractivity contribution is -0.142. The third-order valence-electron chi connectivity index (χ3n) is 6.40. The Morgan fingerprint density at radius 3 is 2.79 bits per heavy atom. The molecule has 0 amide bonds. The Kier molecular flexibility index (Phi) is 7.16. The minimum absolute atomic E-state index is 0.0356. The first kappa shape index (κ1) is 24.1. The van der Waals surface area contributed by atoms with Crippen LogP contribution in [0, 0.1) is 12.8 Å². The van der Waals surface area contributed by atoms with E-state index in [0.29, 0.717) is 24.6 Å². The summed E-state index contributed by atoms with van der Waals surface area (Å²) in [6, 6.07) is 6.67. The van der Waals surface area contributed by atoms with E-state index in [-0.39, 0.29) is 5.56 Å². The second kappa shape index (κ2) is 10.1. The lowest BCUT2D eigenvalue weighted by Gasteiger charge is -2.24. The van der Waals surface area contributed by atoms with Crippen LogP contribution in [-0.2, 0) is 29.7 Å². The van der Waals surface area contributed by atoms with Gasteiger partial charge >= 0.3 is 5.97 Å². The number of carbonyl (C=O) groups is 1. The Balaban J connectivity index is 1.75. The molecule has 3 atom stereocenters. The van der Waals surface area contributed by atoms with Gasteiger partial charge in [-0.1, -0.05) is 6.07 Å². The van der Waals surface area contributed by atoms with Gasteiger partial charge in [-0.15, -0.1) is 0 Å². The highest BCUT2D eigenvalue weighted by Crippen LogP contribution is 2.28. The summed E-state index contributed by atoms with van der Waals surface area (Å²) in [6.07, 6.45) is 2.89. The highest BCUT2D eigenvalue weighted by atomic mass is 16.5. The monoisotopic (exact) mass is 468 g/mol. The first-order chi connectivity index (χ1) is 16.2. The number of aliphatic hydroxyl groups excluding tert-OH is 1. The molecule has 9 heteroatoms. The van der Waals surface area contributed by atoms with Gasteiger partial charge in [-0.2, -0.15) is 0 Å². The summed E-state index contributed by atoms with van der Waals surface area (Å²) in [6.45, 7) is 5.77. The zero-order chi connectivity index (χ0) is 24.4. The number of aliphatic hydroxyl groups is 1. The minimum atomic E-state index is -1.09. The van der Waals surface area contributed by atoms with E-state index < -0.39 is 18.1 Å². The smallest absolute Gasteiger partial charge is 0.323 e. The molecule has 1 fully saturated rings. The van der Waals surface area contributed by atoms with Crippen LogP contribution in [0.1, 0.15) is 30.9 Å². The van der Waals surface area contributed by atoms with Crippen LogP contribution < -0.4 is 10.9 Å². The highest BCUT2D eigenvalue weighted by Gasteiger charge is 2.23. The van der Waals surface area contributed by atoms with E-state index >= 15 is 0 Å². The molecular formula is C25H32N4O5. The Bertz CT molecular complexity index is 1210. The standard InChI is InChI=1S/C25H32N4O5/c1-15-9-19(13-28(3)24(15)31)23-27-20-7-6-17(11-26-22(16(2)30)25(32)33)10-21(20)29(23)12-18-5-4-8-34-14-18/h6-7,9-10,13,16,18,22,26,30H,4-5,8,11-12,14H2,1-3H3,(H,32,33)/t16-,18+,22+/m0/s1. The minimum Gasteiger partial charge on any atom is -0.480 e. The van der Waals surface area contributed by atoms with Crippen LogP contribution in [0.5, 0.6) is 0 Å². The maximum absolute atomic E-state index is 12.2. The average Bonchev–Trinajstić information content (AvgIpc) is 3.15. The molecule has 1 saturated heterocycles. The Labute approximate surface area is 198 Å². The van der Waals surface area contributed by atoms with Crippen LogP contribution in [0.15, 0.2) is 35.3 Å². The maximum Gasteiger partial charge on any atom is 0.323 e. The fraction of sp³-hybridized carbons (Fsp3) is 0.480. The van der Waals surface area contributed by atoms with Crippen LogP contribution >= 0.6 is 0 Å². The van der Waals surface area contributed by atoms with Crippen LogP contribution in [0.25, 0.3) is 22.4 Å². The lowest BCUT2D eigenvalue weighted by Crippen LogP contribution is -2.44. The van der Waals surface area contributed by atoms with Crippen molar-refractivity contribution in [2.24, 2.45) is 13.0 Å². The Hall–Kier alpha value is -3.01. The predicted octanol–water partition coefficient (Wildman–Crippen LogP) is 2.06. The molecular weight excluding hydrogens is 436 g/mol. The second-order valence-corrected chi connectivity index (χ2v) is 9.22. The van der Waals surface area contributed by atoms with Gasteiger partial charge in [-0.25, -0.2) is 4.98 Å². The van der Waals surface area contributed by atoms with Crippen molar-refractivity contribution in [3.05, 3.63) is 51.9 Å². The molecule has 1 aromatic carbocycles. The number of hydrogen-bond acceptors (Lipinski definition) is 6. The lowest BCUT2D eigenvalue weighted by atomic mass is 10.0. The summed E-state index contributed by atoms with van der Waals surface area (Å²) in [5, 5.41) is 22.0. The molecule has 34 heavy (non-hydrogen) atoms. The maximum atomic E-state index is 12.2. The van der Waals surface area contributed by atoms with Gasteiger partial charge in [0.25, 0.3) is 5.56 Å². The molecule has 0 unspecified atom stereocenters. The summed E-state index contributed by atoms with van der Waals surface area (Å²) in [4.78, 5) is 28.6. The van der Waals surface area contributed by atoms with Gasteiger partial charge in [0.1, 0.15) is 11.9 Å². The van der Waals surface area contributed by atoms with Gasteiger partial charge < -0.3 is 24.1 Å². The number of ether oxygens (including phenoxy) is 1. The summed E-state index contributed by atoms with van der Waals surface area (Å²) < 4.78 is 9.47. The largest absolute Gasteiger partial charge is 0.480 e. The van der Waals surface area contributed by atoms with Gasteiger partial charge in [0.05, 0.1) is 23.7 Å².